The second kappa shape index (κ2) is 7.60. The summed E-state index contributed by atoms with van der Waals surface area (Å²) in [5, 5.41) is 2.68. The quantitative estimate of drug-likeness (QED) is 0.687. The monoisotopic (exact) mass is 351 g/mol. The fourth-order valence-corrected chi connectivity index (χ4v) is 2.45. The summed E-state index contributed by atoms with van der Waals surface area (Å²) >= 11 is 0. The van der Waals surface area contributed by atoms with Gasteiger partial charge in [-0.3, -0.25) is 9.59 Å². The Labute approximate surface area is 149 Å². The SMILES string of the molecule is CCOC(=O)c1ccc(NC(=O)Cc2nc3ccccc3[nH]c2=O)cc1. The van der Waals surface area contributed by atoms with E-state index in [1.54, 1.807) is 49.4 Å². The summed E-state index contributed by atoms with van der Waals surface area (Å²) in [6.07, 6.45) is -0.153. The average Bonchev–Trinajstić information content (AvgIpc) is 2.63. The molecule has 0 saturated carbocycles. The highest BCUT2D eigenvalue weighted by atomic mass is 16.5. The standard InChI is InChI=1S/C19H17N3O4/c1-2-26-19(25)12-7-9-13(10-8-12)20-17(23)11-16-18(24)22-15-6-4-3-5-14(15)21-16/h3-10H,2,11H2,1H3,(H,20,23)(H,22,24). The van der Waals surface area contributed by atoms with E-state index < -0.39 is 11.5 Å². The van der Waals surface area contributed by atoms with E-state index in [9.17, 15) is 14.4 Å². The highest BCUT2D eigenvalue weighted by Crippen LogP contribution is 2.11. The average molecular weight is 351 g/mol. The van der Waals surface area contributed by atoms with E-state index >= 15 is 0 Å². The van der Waals surface area contributed by atoms with E-state index in [2.05, 4.69) is 15.3 Å². The van der Waals surface area contributed by atoms with Crippen LogP contribution in [0, 0.1) is 0 Å². The third kappa shape index (κ3) is 3.94. The molecule has 0 unspecified atom stereocenters. The van der Waals surface area contributed by atoms with Crippen molar-refractivity contribution in [3.05, 3.63) is 70.1 Å². The van der Waals surface area contributed by atoms with Gasteiger partial charge in [0.25, 0.3) is 5.56 Å². The van der Waals surface area contributed by atoms with Gasteiger partial charge in [-0.2, -0.15) is 0 Å². The Balaban J connectivity index is 1.70. The molecule has 0 spiro atoms. The minimum Gasteiger partial charge on any atom is -0.462 e. The number of carbonyl (C=O) groups excluding carboxylic acids is 2. The van der Waals surface area contributed by atoms with Crippen molar-refractivity contribution in [2.24, 2.45) is 0 Å². The molecule has 7 nitrogen and oxygen atoms in total. The van der Waals surface area contributed by atoms with Crippen LogP contribution < -0.4 is 10.9 Å². The number of nitrogens with zero attached hydrogens (tertiary/aromatic N) is 1. The van der Waals surface area contributed by atoms with Crippen LogP contribution in [0.15, 0.2) is 53.3 Å². The fraction of sp³-hybridized carbons (Fsp3) is 0.158. The number of carbonyl (C=O) groups is 2. The van der Waals surface area contributed by atoms with Gasteiger partial charge >= 0.3 is 5.97 Å². The Bertz CT molecular complexity index is 1010. The van der Waals surface area contributed by atoms with Crippen molar-refractivity contribution in [2.75, 3.05) is 11.9 Å². The maximum absolute atomic E-state index is 12.2. The molecule has 7 heteroatoms. The lowest BCUT2D eigenvalue weighted by Crippen LogP contribution is -2.22. The predicted octanol–water partition coefficient (Wildman–Crippen LogP) is 2.28. The molecule has 26 heavy (non-hydrogen) atoms. The molecular formula is C19H17N3O4. The Hall–Kier alpha value is -3.48. The van der Waals surface area contributed by atoms with Gasteiger partial charge in [-0.15, -0.1) is 0 Å². The number of benzene rings is 2. The van der Waals surface area contributed by atoms with E-state index in [0.717, 1.165) is 0 Å². The van der Waals surface area contributed by atoms with Crippen LogP contribution in [-0.2, 0) is 16.0 Å². The number of anilines is 1. The third-order valence-electron chi connectivity index (χ3n) is 3.68. The largest absolute Gasteiger partial charge is 0.462 e. The van der Waals surface area contributed by atoms with Crippen molar-refractivity contribution in [3.63, 3.8) is 0 Å². The number of para-hydroxylation sites is 2. The summed E-state index contributed by atoms with van der Waals surface area (Å²) < 4.78 is 4.90. The van der Waals surface area contributed by atoms with Crippen LogP contribution in [0.25, 0.3) is 11.0 Å². The summed E-state index contributed by atoms with van der Waals surface area (Å²) in [7, 11) is 0. The number of fused-ring (bicyclic) bond motifs is 1. The number of amides is 1. The number of aromatic amines is 1. The minimum absolute atomic E-state index is 0.143. The molecule has 1 amide bonds. The molecule has 132 valence electrons. The number of esters is 1. The zero-order valence-electron chi connectivity index (χ0n) is 14.1. The molecule has 0 atom stereocenters. The van der Waals surface area contributed by atoms with Crippen LogP contribution in [0.5, 0.6) is 0 Å². The lowest BCUT2D eigenvalue weighted by molar-refractivity contribution is -0.115. The molecule has 0 aliphatic rings. The zero-order valence-corrected chi connectivity index (χ0v) is 14.1. The van der Waals surface area contributed by atoms with Gasteiger partial charge in [-0.05, 0) is 43.3 Å². The van der Waals surface area contributed by atoms with Crippen LogP contribution in [-0.4, -0.2) is 28.5 Å². The molecular weight excluding hydrogens is 334 g/mol. The molecule has 0 aliphatic heterocycles. The Kier molecular flexibility index (Phi) is 5.07. The first-order valence-corrected chi connectivity index (χ1v) is 8.12. The number of hydrogen-bond donors (Lipinski definition) is 2. The van der Waals surface area contributed by atoms with Crippen molar-refractivity contribution in [1.82, 2.24) is 9.97 Å². The fourth-order valence-electron chi connectivity index (χ4n) is 2.45. The molecule has 0 saturated heterocycles. The highest BCUT2D eigenvalue weighted by Gasteiger charge is 2.11. The molecule has 1 heterocycles. The molecule has 0 aliphatic carbocycles. The smallest absolute Gasteiger partial charge is 0.338 e. The summed E-state index contributed by atoms with van der Waals surface area (Å²) in [4.78, 5) is 42.8. The topological polar surface area (TPSA) is 101 Å². The molecule has 1 aromatic heterocycles. The molecule has 3 rings (SSSR count). The second-order valence-electron chi connectivity index (χ2n) is 5.55. The maximum Gasteiger partial charge on any atom is 0.338 e. The van der Waals surface area contributed by atoms with Crippen molar-refractivity contribution in [1.29, 1.82) is 0 Å². The predicted molar refractivity (Wildman–Crippen MR) is 97.1 cm³/mol. The van der Waals surface area contributed by atoms with Crippen LogP contribution >= 0.6 is 0 Å². The van der Waals surface area contributed by atoms with Crippen molar-refractivity contribution in [2.45, 2.75) is 13.3 Å². The van der Waals surface area contributed by atoms with Crippen LogP contribution in [0.2, 0.25) is 0 Å². The number of ether oxygens (including phenoxy) is 1. The van der Waals surface area contributed by atoms with Gasteiger partial charge in [0.1, 0.15) is 5.69 Å². The van der Waals surface area contributed by atoms with E-state index in [0.29, 0.717) is 28.9 Å². The van der Waals surface area contributed by atoms with Gasteiger partial charge in [0.2, 0.25) is 5.91 Å². The van der Waals surface area contributed by atoms with Gasteiger partial charge in [0.05, 0.1) is 29.6 Å². The van der Waals surface area contributed by atoms with Gasteiger partial charge in [0.15, 0.2) is 0 Å². The maximum atomic E-state index is 12.2. The Morgan fingerprint density at radius 3 is 2.58 bits per heavy atom. The molecule has 0 bridgehead atoms. The summed E-state index contributed by atoms with van der Waals surface area (Å²) in [5.41, 5.74) is 1.91. The van der Waals surface area contributed by atoms with Crippen LogP contribution in [0.1, 0.15) is 23.0 Å². The lowest BCUT2D eigenvalue weighted by Gasteiger charge is -2.07. The van der Waals surface area contributed by atoms with E-state index in [-0.39, 0.29) is 18.0 Å². The second-order valence-corrected chi connectivity index (χ2v) is 5.55. The molecule has 0 radical (unpaired) electrons. The van der Waals surface area contributed by atoms with E-state index in [4.69, 9.17) is 4.74 Å². The zero-order chi connectivity index (χ0) is 18.5. The number of H-pyrrole nitrogens is 1. The molecule has 2 N–H and O–H groups in total. The van der Waals surface area contributed by atoms with E-state index in [1.807, 2.05) is 6.07 Å². The number of aromatic nitrogens is 2. The molecule has 3 aromatic rings. The summed E-state index contributed by atoms with van der Waals surface area (Å²) in [5.74, 6) is -0.792. The van der Waals surface area contributed by atoms with Gasteiger partial charge in [-0.1, -0.05) is 12.1 Å². The highest BCUT2D eigenvalue weighted by molar-refractivity contribution is 5.94. The first-order valence-electron chi connectivity index (χ1n) is 8.12. The van der Waals surface area contributed by atoms with Crippen molar-refractivity contribution < 1.29 is 14.3 Å². The normalized spacial score (nSPS) is 10.5. The van der Waals surface area contributed by atoms with Gasteiger partial charge < -0.3 is 15.0 Å². The minimum atomic E-state index is -0.419. The van der Waals surface area contributed by atoms with Crippen LogP contribution in [0.3, 0.4) is 0 Å². The number of hydrogen-bond acceptors (Lipinski definition) is 5. The van der Waals surface area contributed by atoms with Crippen molar-refractivity contribution >= 4 is 28.6 Å². The Morgan fingerprint density at radius 1 is 1.12 bits per heavy atom. The van der Waals surface area contributed by atoms with Crippen LogP contribution in [0.4, 0.5) is 5.69 Å². The van der Waals surface area contributed by atoms with Gasteiger partial charge in [-0.25, -0.2) is 9.78 Å². The lowest BCUT2D eigenvalue weighted by atomic mass is 10.2. The Morgan fingerprint density at radius 2 is 1.85 bits per heavy atom. The first kappa shape index (κ1) is 17.3. The van der Waals surface area contributed by atoms with Crippen molar-refractivity contribution in [3.8, 4) is 0 Å². The summed E-state index contributed by atoms with van der Waals surface area (Å²) in [6.45, 7) is 2.03. The molecule has 0 fully saturated rings. The number of rotatable bonds is 5. The molecule has 2 aromatic carbocycles. The summed E-state index contributed by atoms with van der Waals surface area (Å²) in [6, 6.07) is 13.4. The van der Waals surface area contributed by atoms with E-state index in [1.165, 1.54) is 0 Å². The number of nitrogens with one attached hydrogen (secondary N) is 2. The first-order chi connectivity index (χ1) is 12.6. The third-order valence-corrected chi connectivity index (χ3v) is 3.68. The van der Waals surface area contributed by atoms with Gasteiger partial charge in [0, 0.05) is 5.69 Å².